The highest BCUT2D eigenvalue weighted by atomic mass is 16.4. The number of carbonyl (C=O) groups excluding carboxylic acids is 6. The van der Waals surface area contributed by atoms with Gasteiger partial charge in [0.25, 0.3) is 17.7 Å². The molecular formula is C37H43N7O9. The summed E-state index contributed by atoms with van der Waals surface area (Å²) in [6, 6.07) is 9.70. The van der Waals surface area contributed by atoms with Crippen LogP contribution in [0.3, 0.4) is 0 Å². The fourth-order valence-corrected chi connectivity index (χ4v) is 6.84. The zero-order chi connectivity index (χ0) is 37.5. The first kappa shape index (κ1) is 37.2. The molecule has 5 N–H and O–H groups in total. The number of aromatic hydroxyl groups is 1. The van der Waals surface area contributed by atoms with E-state index in [9.17, 15) is 38.7 Å². The van der Waals surface area contributed by atoms with Crippen molar-refractivity contribution >= 4 is 52.1 Å². The van der Waals surface area contributed by atoms with Crippen molar-refractivity contribution in [2.75, 3.05) is 64.2 Å². The van der Waals surface area contributed by atoms with Crippen molar-refractivity contribution in [3.8, 4) is 5.75 Å². The summed E-state index contributed by atoms with van der Waals surface area (Å²) in [5, 5.41) is 21.3. The summed E-state index contributed by atoms with van der Waals surface area (Å²) in [6.45, 7) is 5.30. The highest BCUT2D eigenvalue weighted by molar-refractivity contribution is 6.25. The lowest BCUT2D eigenvalue weighted by Crippen LogP contribution is -2.54. The Bertz CT molecular complexity index is 1970. The van der Waals surface area contributed by atoms with Crippen LogP contribution in [0.1, 0.15) is 69.6 Å². The second-order valence-electron chi connectivity index (χ2n) is 13.4. The third kappa shape index (κ3) is 8.89. The Hall–Kier alpha value is -5.61. The van der Waals surface area contributed by atoms with Crippen molar-refractivity contribution in [1.82, 2.24) is 30.7 Å². The molecule has 0 radical (unpaired) electrons. The van der Waals surface area contributed by atoms with Crippen LogP contribution in [0.2, 0.25) is 0 Å². The molecule has 2 fully saturated rings. The maximum Gasteiger partial charge on any atom is 0.349 e. The molecule has 16 nitrogen and oxygen atoms in total. The number of hydrogen-bond acceptors (Lipinski definition) is 12. The van der Waals surface area contributed by atoms with Gasteiger partial charge in [-0.3, -0.25) is 48.8 Å². The van der Waals surface area contributed by atoms with Crippen molar-refractivity contribution < 1.29 is 38.3 Å². The van der Waals surface area contributed by atoms with Gasteiger partial charge in [-0.2, -0.15) is 0 Å². The Morgan fingerprint density at radius 1 is 0.849 bits per heavy atom. The van der Waals surface area contributed by atoms with Gasteiger partial charge in [0.15, 0.2) is 0 Å². The van der Waals surface area contributed by atoms with E-state index in [1.807, 2.05) is 0 Å². The molecule has 1 aromatic heterocycles. The first-order chi connectivity index (χ1) is 25.6. The Morgan fingerprint density at radius 3 is 2.38 bits per heavy atom. The largest absolute Gasteiger partial charge is 0.508 e. The number of anilines is 1. The van der Waals surface area contributed by atoms with Crippen LogP contribution >= 0.6 is 0 Å². The fraction of sp³-hybridized carbons (Fsp3) is 0.432. The van der Waals surface area contributed by atoms with Crippen molar-refractivity contribution in [2.24, 2.45) is 0 Å². The van der Waals surface area contributed by atoms with Gasteiger partial charge in [0.1, 0.15) is 22.9 Å². The van der Waals surface area contributed by atoms with Crippen molar-refractivity contribution in [1.29, 1.82) is 0 Å². The summed E-state index contributed by atoms with van der Waals surface area (Å²) in [4.78, 5) is 92.8. The lowest BCUT2D eigenvalue weighted by Gasteiger charge is -2.34. The van der Waals surface area contributed by atoms with Gasteiger partial charge in [-0.25, -0.2) is 4.79 Å². The minimum absolute atomic E-state index is 0.00576. The fourth-order valence-electron chi connectivity index (χ4n) is 6.84. The van der Waals surface area contributed by atoms with Gasteiger partial charge in [0.05, 0.1) is 17.7 Å². The molecular weight excluding hydrogens is 686 g/mol. The van der Waals surface area contributed by atoms with Crippen LogP contribution in [0.5, 0.6) is 5.75 Å². The van der Waals surface area contributed by atoms with Gasteiger partial charge >= 0.3 is 5.63 Å². The molecule has 4 heterocycles. The normalized spacial score (nSPS) is 17.9. The minimum Gasteiger partial charge on any atom is -0.508 e. The van der Waals surface area contributed by atoms with E-state index in [0.29, 0.717) is 56.9 Å². The molecule has 3 aromatic rings. The summed E-state index contributed by atoms with van der Waals surface area (Å²) < 4.78 is 5.20. The number of amides is 6. The van der Waals surface area contributed by atoms with Crippen LogP contribution in [-0.4, -0.2) is 120 Å². The van der Waals surface area contributed by atoms with Crippen molar-refractivity contribution in [3.05, 3.63) is 69.6 Å². The van der Waals surface area contributed by atoms with E-state index in [2.05, 4.69) is 31.1 Å². The summed E-state index contributed by atoms with van der Waals surface area (Å²) in [6.07, 6.45) is 3.61. The number of hydrogen-bond donors (Lipinski definition) is 5. The maximum atomic E-state index is 13.2. The third-order valence-electron chi connectivity index (χ3n) is 9.72. The maximum absolute atomic E-state index is 13.2. The van der Waals surface area contributed by atoms with E-state index < -0.39 is 41.2 Å². The zero-order valence-corrected chi connectivity index (χ0v) is 29.3. The molecule has 0 saturated carbocycles. The van der Waals surface area contributed by atoms with Crippen LogP contribution in [0, 0.1) is 0 Å². The van der Waals surface area contributed by atoms with Gasteiger partial charge in [0.2, 0.25) is 17.7 Å². The predicted octanol–water partition coefficient (Wildman–Crippen LogP) is 1.04. The van der Waals surface area contributed by atoms with Gasteiger partial charge in [-0.1, -0.05) is 18.9 Å². The number of nitrogens with one attached hydrogen (secondary N) is 4. The summed E-state index contributed by atoms with van der Waals surface area (Å²) in [7, 11) is 0. The molecule has 6 amide bonds. The quantitative estimate of drug-likeness (QED) is 0.0844. The highest BCUT2D eigenvalue weighted by Crippen LogP contribution is 2.32. The molecule has 53 heavy (non-hydrogen) atoms. The van der Waals surface area contributed by atoms with Gasteiger partial charge in [0, 0.05) is 69.9 Å². The van der Waals surface area contributed by atoms with E-state index in [4.69, 9.17) is 4.42 Å². The molecule has 1 unspecified atom stereocenters. The molecule has 0 spiro atoms. The lowest BCUT2D eigenvalue weighted by atomic mass is 10.0. The summed E-state index contributed by atoms with van der Waals surface area (Å²) in [5.74, 6) is -2.69. The number of fused-ring (bicyclic) bond motifs is 2. The average molecular weight is 730 g/mol. The average Bonchev–Trinajstić information content (AvgIpc) is 3.39. The Kier molecular flexibility index (Phi) is 11.8. The highest BCUT2D eigenvalue weighted by Gasteiger charge is 2.45. The third-order valence-corrected chi connectivity index (χ3v) is 9.72. The lowest BCUT2D eigenvalue weighted by molar-refractivity contribution is -0.136. The van der Waals surface area contributed by atoms with Crippen molar-refractivity contribution in [2.45, 2.75) is 44.6 Å². The monoisotopic (exact) mass is 729 g/mol. The van der Waals surface area contributed by atoms with E-state index in [0.717, 1.165) is 43.7 Å². The van der Waals surface area contributed by atoms with E-state index in [-0.39, 0.29) is 46.8 Å². The van der Waals surface area contributed by atoms with E-state index in [1.165, 1.54) is 24.3 Å². The number of phenolic OH excluding ortho intramolecular Hbond substituents is 1. The predicted molar refractivity (Wildman–Crippen MR) is 192 cm³/mol. The first-order valence-corrected chi connectivity index (χ1v) is 17.9. The second kappa shape index (κ2) is 16.8. The SMILES string of the molecule is O=C(CN1CCN(CCNC(=O)c2cc3cc(O)ccc3oc2=O)CC1)NCCCCCCNc1cccc2c1C(=O)N(C1CCC(=O)NC1=O)C2=O. The Labute approximate surface area is 304 Å². The molecule has 16 heteroatoms. The number of rotatable bonds is 15. The summed E-state index contributed by atoms with van der Waals surface area (Å²) >= 11 is 0. The molecule has 3 aliphatic heterocycles. The number of piperazine rings is 1. The second-order valence-corrected chi connectivity index (χ2v) is 13.4. The standard InChI is InChI=1S/C37H43N7O9/c45-24-8-10-29-23(20-24)21-26(37(52)53-29)33(48)40-14-15-42-16-18-43(19-17-42)22-31(47)39-13-4-2-1-3-12-38-27-7-5-6-25-32(27)36(51)44(35(25)50)28-9-11-30(46)41-34(28)49/h5-8,10,20-21,28,38,45H,1-4,9,11-19,22H2,(H,39,47)(H,40,48)(H,41,46,49). The molecule has 0 bridgehead atoms. The molecule has 2 aromatic carbocycles. The summed E-state index contributed by atoms with van der Waals surface area (Å²) in [5.41, 5.74) is 0.440. The van der Waals surface area contributed by atoms with Crippen LogP contribution in [0.4, 0.5) is 5.69 Å². The van der Waals surface area contributed by atoms with E-state index >= 15 is 0 Å². The number of piperidine rings is 1. The molecule has 1 atom stereocenters. The Morgan fingerprint density at radius 2 is 1.60 bits per heavy atom. The Balaban J connectivity index is 0.819. The van der Waals surface area contributed by atoms with Gasteiger partial charge < -0.3 is 25.5 Å². The first-order valence-electron chi connectivity index (χ1n) is 17.9. The number of nitrogens with zero attached hydrogens (tertiary/aromatic N) is 3. The topological polar surface area (TPSA) is 211 Å². The number of carbonyl (C=O) groups is 6. The van der Waals surface area contributed by atoms with Gasteiger partial charge in [-0.05, 0) is 55.7 Å². The number of benzene rings is 2. The number of unbranched alkanes of at least 4 members (excludes halogenated alkanes) is 3. The van der Waals surface area contributed by atoms with Crippen LogP contribution in [0.15, 0.2) is 51.7 Å². The van der Waals surface area contributed by atoms with Crippen LogP contribution in [-0.2, 0) is 14.4 Å². The van der Waals surface area contributed by atoms with Crippen LogP contribution < -0.4 is 26.9 Å². The molecule has 6 rings (SSSR count). The minimum atomic E-state index is -1.01. The zero-order valence-electron chi connectivity index (χ0n) is 29.3. The van der Waals surface area contributed by atoms with Crippen molar-refractivity contribution in [3.63, 3.8) is 0 Å². The van der Waals surface area contributed by atoms with E-state index in [1.54, 1.807) is 18.2 Å². The number of imide groups is 2. The molecule has 2 saturated heterocycles. The molecule has 3 aliphatic rings. The number of phenols is 1. The van der Waals surface area contributed by atoms with Gasteiger partial charge in [-0.15, -0.1) is 0 Å². The molecule has 280 valence electrons. The molecule has 0 aliphatic carbocycles. The van der Waals surface area contributed by atoms with Crippen LogP contribution in [0.25, 0.3) is 11.0 Å². The smallest absolute Gasteiger partial charge is 0.349 e.